The number of halogens is 2. The average Bonchev–Trinajstić information content (AvgIpc) is 2.24. The molecule has 1 aromatic carbocycles. The highest BCUT2D eigenvalue weighted by molar-refractivity contribution is 6.31. The Bertz CT molecular complexity index is 510. The lowest BCUT2D eigenvalue weighted by Gasteiger charge is -2.29. The zero-order valence-corrected chi connectivity index (χ0v) is 12.7. The van der Waals surface area contributed by atoms with Gasteiger partial charge < -0.3 is 5.32 Å². The maximum absolute atomic E-state index is 14.2. The largest absolute Gasteiger partial charge is 0.315 e. The van der Waals surface area contributed by atoms with E-state index >= 15 is 0 Å². The van der Waals surface area contributed by atoms with Crippen LogP contribution >= 0.6 is 11.6 Å². The maximum atomic E-state index is 14.2. The van der Waals surface area contributed by atoms with E-state index in [9.17, 15) is 4.39 Å². The fraction of sp³-hybridized carbons (Fsp3) is 0.500. The van der Waals surface area contributed by atoms with Crippen LogP contribution in [0, 0.1) is 5.92 Å². The van der Waals surface area contributed by atoms with Crippen LogP contribution in [0.2, 0.25) is 5.02 Å². The molecule has 1 aromatic rings. The van der Waals surface area contributed by atoms with E-state index < -0.39 is 5.67 Å². The van der Waals surface area contributed by atoms with Crippen LogP contribution in [0.4, 0.5) is 4.39 Å². The summed E-state index contributed by atoms with van der Waals surface area (Å²) < 4.78 is 14.2. The van der Waals surface area contributed by atoms with Gasteiger partial charge in [0.15, 0.2) is 0 Å². The SMILES string of the molecule is C/C(=C(\C)C1CNC1)c1ccc(Cl)c(C(C)(C)F)c1. The van der Waals surface area contributed by atoms with E-state index in [2.05, 4.69) is 19.2 Å². The fourth-order valence-electron chi connectivity index (χ4n) is 2.34. The van der Waals surface area contributed by atoms with Gasteiger partial charge in [-0.2, -0.15) is 0 Å². The predicted octanol–water partition coefficient (Wildman–Crippen LogP) is 4.56. The Hall–Kier alpha value is -0.860. The third-order valence-corrected chi connectivity index (χ3v) is 4.35. The number of benzene rings is 1. The summed E-state index contributed by atoms with van der Waals surface area (Å²) in [5.74, 6) is 0.609. The summed E-state index contributed by atoms with van der Waals surface area (Å²) in [6.07, 6.45) is 0. The lowest BCUT2D eigenvalue weighted by Crippen LogP contribution is -2.42. The molecule has 0 amide bonds. The highest BCUT2D eigenvalue weighted by Gasteiger charge is 2.24. The van der Waals surface area contributed by atoms with Gasteiger partial charge in [-0.05, 0) is 51.0 Å². The predicted molar refractivity (Wildman–Crippen MR) is 80.2 cm³/mol. The second-order valence-corrected chi connectivity index (χ2v) is 6.24. The number of alkyl halides is 1. The van der Waals surface area contributed by atoms with Gasteiger partial charge in [0.05, 0.1) is 0 Å². The average molecular weight is 282 g/mol. The van der Waals surface area contributed by atoms with Gasteiger partial charge in [0.2, 0.25) is 0 Å². The zero-order valence-electron chi connectivity index (χ0n) is 12.0. The van der Waals surface area contributed by atoms with Crippen LogP contribution in [0.5, 0.6) is 0 Å². The van der Waals surface area contributed by atoms with Crippen LogP contribution in [0.25, 0.3) is 5.57 Å². The van der Waals surface area contributed by atoms with Gasteiger partial charge in [-0.25, -0.2) is 4.39 Å². The Morgan fingerprint density at radius 1 is 1.32 bits per heavy atom. The minimum Gasteiger partial charge on any atom is -0.315 e. The van der Waals surface area contributed by atoms with Gasteiger partial charge in [-0.3, -0.25) is 0 Å². The summed E-state index contributed by atoms with van der Waals surface area (Å²) >= 11 is 6.10. The summed E-state index contributed by atoms with van der Waals surface area (Å²) in [6, 6.07) is 5.65. The van der Waals surface area contributed by atoms with Crippen LogP contribution in [0.3, 0.4) is 0 Å². The molecule has 1 aliphatic rings. The first-order chi connectivity index (χ1) is 8.80. The molecular weight excluding hydrogens is 261 g/mol. The molecule has 0 aliphatic carbocycles. The summed E-state index contributed by atoms with van der Waals surface area (Å²) in [4.78, 5) is 0. The molecule has 1 fully saturated rings. The molecule has 1 aliphatic heterocycles. The molecule has 1 heterocycles. The van der Waals surface area contributed by atoms with E-state index in [1.807, 2.05) is 12.1 Å². The summed E-state index contributed by atoms with van der Waals surface area (Å²) in [7, 11) is 0. The van der Waals surface area contributed by atoms with Crippen LogP contribution in [0.15, 0.2) is 23.8 Å². The monoisotopic (exact) mass is 281 g/mol. The van der Waals surface area contributed by atoms with Crippen LogP contribution in [0.1, 0.15) is 38.8 Å². The van der Waals surface area contributed by atoms with Crippen molar-refractivity contribution >= 4 is 17.2 Å². The van der Waals surface area contributed by atoms with Crippen molar-refractivity contribution in [2.45, 2.75) is 33.4 Å². The van der Waals surface area contributed by atoms with E-state index in [1.54, 1.807) is 19.9 Å². The topological polar surface area (TPSA) is 12.0 Å². The van der Waals surface area contributed by atoms with Crippen molar-refractivity contribution in [3.05, 3.63) is 39.9 Å². The molecule has 0 bridgehead atoms. The number of hydrogen-bond acceptors (Lipinski definition) is 1. The van der Waals surface area contributed by atoms with Gasteiger partial charge in [0.1, 0.15) is 5.67 Å². The van der Waals surface area contributed by atoms with Crippen molar-refractivity contribution in [3.63, 3.8) is 0 Å². The van der Waals surface area contributed by atoms with E-state index in [1.165, 1.54) is 11.1 Å². The molecule has 0 spiro atoms. The van der Waals surface area contributed by atoms with Gasteiger partial charge in [0, 0.05) is 29.6 Å². The normalized spacial score (nSPS) is 18.0. The molecule has 0 radical (unpaired) electrons. The number of allylic oxidation sites excluding steroid dienone is 1. The quantitative estimate of drug-likeness (QED) is 0.856. The van der Waals surface area contributed by atoms with E-state index in [4.69, 9.17) is 11.6 Å². The van der Waals surface area contributed by atoms with E-state index in [-0.39, 0.29) is 0 Å². The Morgan fingerprint density at radius 3 is 2.42 bits per heavy atom. The minimum atomic E-state index is -1.42. The molecule has 1 nitrogen and oxygen atoms in total. The Kier molecular flexibility index (Phi) is 4.03. The standard InChI is InChI=1S/C16H21ClFN/c1-10(11(2)13-8-19-9-13)12-5-6-15(17)14(7-12)16(3,4)18/h5-7,13,19H,8-9H2,1-4H3/b11-10-. The fourth-order valence-corrected chi connectivity index (χ4v) is 2.69. The smallest absolute Gasteiger partial charge is 0.131 e. The van der Waals surface area contributed by atoms with Crippen molar-refractivity contribution in [1.29, 1.82) is 0 Å². The molecule has 19 heavy (non-hydrogen) atoms. The molecule has 0 aromatic heterocycles. The summed E-state index contributed by atoms with van der Waals surface area (Å²) in [5.41, 5.74) is 2.82. The molecule has 104 valence electrons. The van der Waals surface area contributed by atoms with E-state index in [0.29, 0.717) is 16.5 Å². The first-order valence-electron chi connectivity index (χ1n) is 6.68. The highest BCUT2D eigenvalue weighted by Crippen LogP contribution is 2.34. The Labute approximate surface area is 119 Å². The second-order valence-electron chi connectivity index (χ2n) is 5.83. The van der Waals surface area contributed by atoms with Crippen LogP contribution in [-0.2, 0) is 5.67 Å². The molecule has 0 unspecified atom stereocenters. The first kappa shape index (κ1) is 14.5. The van der Waals surface area contributed by atoms with Crippen molar-refractivity contribution < 1.29 is 4.39 Å². The lowest BCUT2D eigenvalue weighted by atomic mass is 9.87. The summed E-state index contributed by atoms with van der Waals surface area (Å²) in [6.45, 7) is 9.43. The van der Waals surface area contributed by atoms with Gasteiger partial charge in [-0.15, -0.1) is 0 Å². The summed E-state index contributed by atoms with van der Waals surface area (Å²) in [5, 5.41) is 3.77. The molecule has 1 saturated heterocycles. The third kappa shape index (κ3) is 3.01. The number of hydrogen-bond donors (Lipinski definition) is 1. The zero-order chi connectivity index (χ0) is 14.2. The molecule has 0 saturated carbocycles. The van der Waals surface area contributed by atoms with Crippen molar-refractivity contribution in [2.75, 3.05) is 13.1 Å². The molecular formula is C16H21ClFN. The molecule has 0 atom stereocenters. The number of nitrogens with one attached hydrogen (secondary N) is 1. The molecule has 3 heteroatoms. The lowest BCUT2D eigenvalue weighted by molar-refractivity contribution is 0.221. The number of rotatable bonds is 3. The third-order valence-electron chi connectivity index (χ3n) is 4.03. The van der Waals surface area contributed by atoms with Gasteiger partial charge in [0.25, 0.3) is 0 Å². The maximum Gasteiger partial charge on any atom is 0.131 e. The highest BCUT2D eigenvalue weighted by atomic mass is 35.5. The van der Waals surface area contributed by atoms with Crippen molar-refractivity contribution in [3.8, 4) is 0 Å². The Balaban J connectivity index is 2.40. The van der Waals surface area contributed by atoms with Gasteiger partial charge in [-0.1, -0.05) is 23.2 Å². The first-order valence-corrected chi connectivity index (χ1v) is 7.06. The molecule has 1 N–H and O–H groups in total. The van der Waals surface area contributed by atoms with Gasteiger partial charge >= 0.3 is 0 Å². The second kappa shape index (κ2) is 5.26. The van der Waals surface area contributed by atoms with Crippen LogP contribution in [-0.4, -0.2) is 13.1 Å². The van der Waals surface area contributed by atoms with E-state index in [0.717, 1.165) is 18.7 Å². The van der Waals surface area contributed by atoms with Crippen molar-refractivity contribution in [1.82, 2.24) is 5.32 Å². The van der Waals surface area contributed by atoms with Crippen LogP contribution < -0.4 is 5.32 Å². The van der Waals surface area contributed by atoms with Crippen molar-refractivity contribution in [2.24, 2.45) is 5.92 Å². The minimum absolute atomic E-state index is 0.493. The Morgan fingerprint density at radius 2 is 1.95 bits per heavy atom. The molecule has 2 rings (SSSR count).